The first kappa shape index (κ1) is 14.1. The van der Waals surface area contributed by atoms with E-state index in [1.54, 1.807) is 0 Å². The second kappa shape index (κ2) is 7.35. The molecule has 0 saturated heterocycles. The molecule has 0 fully saturated rings. The van der Waals surface area contributed by atoms with Gasteiger partial charge in [-0.3, -0.25) is 0 Å². The predicted octanol–water partition coefficient (Wildman–Crippen LogP) is 4.29. The summed E-state index contributed by atoms with van der Waals surface area (Å²) in [5.41, 5.74) is 3.35. The van der Waals surface area contributed by atoms with Crippen LogP contribution in [0.2, 0.25) is 0 Å². The molecule has 0 amide bonds. The SMILES string of the molecule is CNCc1ccc(CN=Nc2ccc(I)cc2)cc1. The number of hydrogen-bond donors (Lipinski definition) is 1. The van der Waals surface area contributed by atoms with Gasteiger partial charge in [-0.15, -0.1) is 0 Å². The summed E-state index contributed by atoms with van der Waals surface area (Å²) in [6.07, 6.45) is 0. The van der Waals surface area contributed by atoms with Gasteiger partial charge in [-0.2, -0.15) is 10.2 Å². The first-order valence-corrected chi connectivity index (χ1v) is 7.21. The van der Waals surface area contributed by atoms with Gasteiger partial charge in [0.25, 0.3) is 0 Å². The minimum atomic E-state index is 0.617. The monoisotopic (exact) mass is 365 g/mol. The third-order valence-electron chi connectivity index (χ3n) is 2.67. The van der Waals surface area contributed by atoms with Gasteiger partial charge in [0, 0.05) is 10.1 Å². The van der Waals surface area contributed by atoms with Crippen molar-refractivity contribution in [2.24, 2.45) is 10.2 Å². The van der Waals surface area contributed by atoms with Gasteiger partial charge in [-0.05, 0) is 65.0 Å². The molecule has 0 spiro atoms. The molecule has 1 N–H and O–H groups in total. The molecule has 3 nitrogen and oxygen atoms in total. The van der Waals surface area contributed by atoms with Gasteiger partial charge in [0.1, 0.15) is 0 Å². The van der Waals surface area contributed by atoms with Crippen molar-refractivity contribution in [3.05, 3.63) is 63.2 Å². The molecular formula is C15H16IN3. The van der Waals surface area contributed by atoms with Gasteiger partial charge in [-0.1, -0.05) is 24.3 Å². The lowest BCUT2D eigenvalue weighted by molar-refractivity contribution is 0.816. The van der Waals surface area contributed by atoms with Gasteiger partial charge < -0.3 is 5.32 Å². The highest BCUT2D eigenvalue weighted by atomic mass is 127. The maximum absolute atomic E-state index is 4.22. The Balaban J connectivity index is 1.92. The molecule has 2 aromatic rings. The van der Waals surface area contributed by atoms with Gasteiger partial charge in [0.05, 0.1) is 12.2 Å². The number of rotatable bonds is 5. The van der Waals surface area contributed by atoms with Crippen molar-refractivity contribution in [1.82, 2.24) is 5.32 Å². The Kier molecular flexibility index (Phi) is 5.47. The van der Waals surface area contributed by atoms with Gasteiger partial charge in [-0.25, -0.2) is 0 Å². The van der Waals surface area contributed by atoms with E-state index in [1.165, 1.54) is 14.7 Å². The topological polar surface area (TPSA) is 36.8 Å². The third-order valence-corrected chi connectivity index (χ3v) is 3.39. The van der Waals surface area contributed by atoms with Crippen LogP contribution in [0.15, 0.2) is 58.8 Å². The maximum Gasteiger partial charge on any atom is 0.0853 e. The first-order valence-electron chi connectivity index (χ1n) is 6.13. The number of hydrogen-bond acceptors (Lipinski definition) is 3. The molecule has 98 valence electrons. The van der Waals surface area contributed by atoms with Crippen molar-refractivity contribution < 1.29 is 0 Å². The Morgan fingerprint density at radius 3 is 2.21 bits per heavy atom. The zero-order chi connectivity index (χ0) is 13.5. The Morgan fingerprint density at radius 1 is 0.947 bits per heavy atom. The number of azo groups is 1. The normalized spacial score (nSPS) is 11.1. The zero-order valence-corrected chi connectivity index (χ0v) is 13.0. The zero-order valence-electron chi connectivity index (χ0n) is 10.8. The molecule has 4 heteroatoms. The van der Waals surface area contributed by atoms with Crippen LogP contribution in [0.1, 0.15) is 11.1 Å². The molecule has 2 rings (SSSR count). The summed E-state index contributed by atoms with van der Waals surface area (Å²) in [5.74, 6) is 0. The van der Waals surface area contributed by atoms with E-state index < -0.39 is 0 Å². The lowest BCUT2D eigenvalue weighted by Gasteiger charge is -2.01. The predicted molar refractivity (Wildman–Crippen MR) is 86.6 cm³/mol. The van der Waals surface area contributed by atoms with Crippen molar-refractivity contribution >= 4 is 28.3 Å². The molecule has 19 heavy (non-hydrogen) atoms. The highest BCUT2D eigenvalue weighted by Crippen LogP contribution is 2.15. The average Bonchev–Trinajstić information content (AvgIpc) is 2.43. The summed E-state index contributed by atoms with van der Waals surface area (Å²) >= 11 is 2.28. The summed E-state index contributed by atoms with van der Waals surface area (Å²) in [7, 11) is 1.95. The van der Waals surface area contributed by atoms with Gasteiger partial charge in [0.15, 0.2) is 0 Å². The van der Waals surface area contributed by atoms with Crippen LogP contribution in [0.3, 0.4) is 0 Å². The standard InChI is InChI=1S/C15H16IN3/c1-17-10-12-2-4-13(5-3-12)11-18-19-15-8-6-14(16)7-9-15/h2-9,17H,10-11H2,1H3. The summed E-state index contributed by atoms with van der Waals surface area (Å²) in [6, 6.07) is 16.4. The minimum Gasteiger partial charge on any atom is -0.316 e. The molecule has 0 aliphatic heterocycles. The third kappa shape index (κ3) is 4.72. The summed E-state index contributed by atoms with van der Waals surface area (Å²) in [6.45, 7) is 1.51. The number of nitrogens with zero attached hydrogens (tertiary/aromatic N) is 2. The van der Waals surface area contributed by atoms with Crippen molar-refractivity contribution in [1.29, 1.82) is 0 Å². The van der Waals surface area contributed by atoms with Crippen LogP contribution >= 0.6 is 22.6 Å². The van der Waals surface area contributed by atoms with Crippen LogP contribution in [0.5, 0.6) is 0 Å². The van der Waals surface area contributed by atoms with E-state index in [-0.39, 0.29) is 0 Å². The summed E-state index contributed by atoms with van der Waals surface area (Å²) < 4.78 is 1.21. The van der Waals surface area contributed by atoms with E-state index in [2.05, 4.69) is 62.4 Å². The largest absolute Gasteiger partial charge is 0.316 e. The number of nitrogens with one attached hydrogen (secondary N) is 1. The molecule has 0 aliphatic carbocycles. The van der Waals surface area contributed by atoms with Gasteiger partial charge >= 0.3 is 0 Å². The van der Waals surface area contributed by atoms with Crippen molar-refractivity contribution in [3.8, 4) is 0 Å². The van der Waals surface area contributed by atoms with E-state index in [9.17, 15) is 0 Å². The second-order valence-electron chi connectivity index (χ2n) is 4.22. The fraction of sp³-hybridized carbons (Fsp3) is 0.200. The van der Waals surface area contributed by atoms with E-state index in [1.807, 2.05) is 31.3 Å². The van der Waals surface area contributed by atoms with Crippen LogP contribution in [0.4, 0.5) is 5.69 Å². The van der Waals surface area contributed by atoms with Crippen molar-refractivity contribution in [2.45, 2.75) is 13.1 Å². The number of halogens is 1. The Bertz CT molecular complexity index is 532. The Hall–Kier alpha value is -1.27. The van der Waals surface area contributed by atoms with E-state index in [0.29, 0.717) is 6.54 Å². The summed E-state index contributed by atoms with van der Waals surface area (Å²) in [4.78, 5) is 0. The smallest absolute Gasteiger partial charge is 0.0853 e. The molecule has 0 saturated carbocycles. The summed E-state index contributed by atoms with van der Waals surface area (Å²) in [5, 5.41) is 11.6. The fourth-order valence-electron chi connectivity index (χ4n) is 1.67. The second-order valence-corrected chi connectivity index (χ2v) is 5.47. The molecule has 0 radical (unpaired) electrons. The van der Waals surface area contributed by atoms with Crippen LogP contribution in [-0.2, 0) is 13.1 Å². The highest BCUT2D eigenvalue weighted by Gasteiger charge is 1.94. The first-order chi connectivity index (χ1) is 9.28. The molecule has 0 heterocycles. The minimum absolute atomic E-state index is 0.617. The fourth-order valence-corrected chi connectivity index (χ4v) is 2.03. The maximum atomic E-state index is 4.22. The average molecular weight is 365 g/mol. The van der Waals surface area contributed by atoms with Crippen molar-refractivity contribution in [2.75, 3.05) is 7.05 Å². The molecule has 0 unspecified atom stereocenters. The lowest BCUT2D eigenvalue weighted by atomic mass is 10.1. The molecule has 0 aromatic heterocycles. The van der Waals surface area contributed by atoms with Crippen molar-refractivity contribution in [3.63, 3.8) is 0 Å². The Morgan fingerprint density at radius 2 is 1.58 bits per heavy atom. The molecule has 0 bridgehead atoms. The Labute approximate surface area is 127 Å². The van der Waals surface area contributed by atoms with Crippen LogP contribution in [0.25, 0.3) is 0 Å². The molecule has 0 aliphatic rings. The van der Waals surface area contributed by atoms with E-state index in [0.717, 1.165) is 12.2 Å². The molecular weight excluding hydrogens is 349 g/mol. The van der Waals surface area contributed by atoms with Crippen LogP contribution in [-0.4, -0.2) is 7.05 Å². The lowest BCUT2D eigenvalue weighted by Crippen LogP contribution is -2.04. The quantitative estimate of drug-likeness (QED) is 0.623. The molecule has 0 atom stereocenters. The van der Waals surface area contributed by atoms with Crippen LogP contribution in [0, 0.1) is 3.57 Å². The molecule has 2 aromatic carbocycles. The van der Waals surface area contributed by atoms with Crippen LogP contribution < -0.4 is 5.32 Å². The van der Waals surface area contributed by atoms with E-state index >= 15 is 0 Å². The highest BCUT2D eigenvalue weighted by molar-refractivity contribution is 14.1. The van der Waals surface area contributed by atoms with E-state index in [4.69, 9.17) is 0 Å². The van der Waals surface area contributed by atoms with Gasteiger partial charge in [0.2, 0.25) is 0 Å². The number of benzene rings is 2.